The highest BCUT2D eigenvalue weighted by atomic mass is 32.1. The normalized spacial score (nSPS) is 19.2. The molecule has 1 amide bonds. The Morgan fingerprint density at radius 3 is 2.80 bits per heavy atom. The van der Waals surface area contributed by atoms with E-state index in [1.165, 1.54) is 11.3 Å². The molecule has 2 aliphatic rings. The largest absolute Gasteiger partial charge is 0.378 e. The van der Waals surface area contributed by atoms with Gasteiger partial charge in [0.2, 0.25) is 5.43 Å². The number of fused-ring (bicyclic) bond motifs is 5. The van der Waals surface area contributed by atoms with E-state index in [9.17, 15) is 14.0 Å². The van der Waals surface area contributed by atoms with E-state index < -0.39 is 12.1 Å². The van der Waals surface area contributed by atoms with Crippen molar-refractivity contribution < 1.29 is 13.9 Å². The van der Waals surface area contributed by atoms with Gasteiger partial charge in [-0.2, -0.15) is 0 Å². The molecule has 6 rings (SSSR count). The van der Waals surface area contributed by atoms with Crippen molar-refractivity contribution in [2.24, 2.45) is 0 Å². The minimum atomic E-state index is -0.802. The van der Waals surface area contributed by atoms with Crippen LogP contribution in [0.25, 0.3) is 26.1 Å². The zero-order valence-electron chi connectivity index (χ0n) is 19.2. The minimum absolute atomic E-state index is 0.129. The summed E-state index contributed by atoms with van der Waals surface area (Å²) in [5, 5.41) is 3.30. The summed E-state index contributed by atoms with van der Waals surface area (Å²) in [5.74, 6) is 0.382. The first-order valence-corrected chi connectivity index (χ1v) is 12.8. The molecule has 1 N–H and O–H groups in total. The third-order valence-electron chi connectivity index (χ3n) is 6.76. The van der Waals surface area contributed by atoms with E-state index in [1.54, 1.807) is 6.07 Å². The number of halogens is 1. The van der Waals surface area contributed by atoms with Crippen LogP contribution >= 0.6 is 11.3 Å². The molecule has 1 atom stereocenters. The van der Waals surface area contributed by atoms with Gasteiger partial charge in [0.05, 0.1) is 28.8 Å². The molecule has 2 saturated heterocycles. The van der Waals surface area contributed by atoms with Gasteiger partial charge in [-0.15, -0.1) is 11.3 Å². The minimum Gasteiger partial charge on any atom is -0.378 e. The van der Waals surface area contributed by atoms with Crippen LogP contribution in [0.2, 0.25) is 0 Å². The van der Waals surface area contributed by atoms with E-state index in [0.717, 1.165) is 29.1 Å². The van der Waals surface area contributed by atoms with E-state index in [4.69, 9.17) is 9.72 Å². The van der Waals surface area contributed by atoms with Gasteiger partial charge in [-0.25, -0.2) is 9.37 Å². The molecule has 0 spiro atoms. The Kier molecular flexibility index (Phi) is 5.87. The van der Waals surface area contributed by atoms with Crippen LogP contribution in [0.3, 0.4) is 0 Å². The Bertz CT molecular complexity index is 1480. The number of anilines is 1. The SMILES string of the molecule is O=C(NCCN1CC[C@@H](F)C1)c1c(=O)c2ccc(N3CCOCC3)nc2n2c1sc1ccccc12. The molecule has 0 radical (unpaired) electrons. The van der Waals surface area contributed by atoms with Crippen LogP contribution in [0.5, 0.6) is 0 Å². The van der Waals surface area contributed by atoms with Gasteiger partial charge in [0.15, 0.2) is 5.65 Å². The van der Waals surface area contributed by atoms with Gasteiger partial charge in [-0.1, -0.05) is 12.1 Å². The molecule has 182 valence electrons. The second-order valence-electron chi connectivity index (χ2n) is 9.00. The number of rotatable bonds is 5. The number of alkyl halides is 1. The number of hydrogen-bond donors (Lipinski definition) is 1. The molecule has 0 unspecified atom stereocenters. The molecule has 4 aromatic rings. The topological polar surface area (TPSA) is 79.2 Å². The van der Waals surface area contributed by atoms with Crippen molar-refractivity contribution in [3.05, 3.63) is 52.2 Å². The monoisotopic (exact) mass is 495 g/mol. The molecule has 2 fully saturated rings. The summed E-state index contributed by atoms with van der Waals surface area (Å²) in [6, 6.07) is 11.5. The maximum absolute atomic E-state index is 13.6. The molecule has 10 heteroatoms. The molecule has 35 heavy (non-hydrogen) atoms. The zero-order valence-corrected chi connectivity index (χ0v) is 20.0. The lowest BCUT2D eigenvalue weighted by atomic mass is 10.1. The highest BCUT2D eigenvalue weighted by Gasteiger charge is 2.25. The average Bonchev–Trinajstić information content (AvgIpc) is 3.47. The number of aromatic nitrogens is 2. The third-order valence-corrected chi connectivity index (χ3v) is 7.91. The summed E-state index contributed by atoms with van der Waals surface area (Å²) in [7, 11) is 0. The fourth-order valence-electron chi connectivity index (χ4n) is 4.95. The number of likely N-dealkylation sites (tertiary alicyclic amines) is 1. The summed E-state index contributed by atoms with van der Waals surface area (Å²) < 4.78 is 21.8. The second kappa shape index (κ2) is 9.18. The first kappa shape index (κ1) is 22.4. The van der Waals surface area contributed by atoms with Crippen LogP contribution in [0, 0.1) is 0 Å². The smallest absolute Gasteiger partial charge is 0.258 e. The van der Waals surface area contributed by atoms with Crippen LogP contribution in [-0.2, 0) is 4.74 Å². The Hall–Kier alpha value is -3.08. The number of thiazole rings is 1. The Morgan fingerprint density at radius 2 is 2.00 bits per heavy atom. The lowest BCUT2D eigenvalue weighted by Crippen LogP contribution is -2.37. The van der Waals surface area contributed by atoms with E-state index in [0.29, 0.717) is 61.7 Å². The predicted octanol–water partition coefficient (Wildman–Crippen LogP) is 2.67. The van der Waals surface area contributed by atoms with Gasteiger partial charge in [-0.05, 0) is 30.7 Å². The number of pyridine rings is 2. The van der Waals surface area contributed by atoms with Crippen molar-refractivity contribution in [1.29, 1.82) is 0 Å². The summed E-state index contributed by atoms with van der Waals surface area (Å²) in [4.78, 5) is 36.5. The van der Waals surface area contributed by atoms with Crippen molar-refractivity contribution in [3.8, 4) is 0 Å². The van der Waals surface area contributed by atoms with Gasteiger partial charge in [0, 0.05) is 39.3 Å². The van der Waals surface area contributed by atoms with Crippen molar-refractivity contribution in [3.63, 3.8) is 0 Å². The summed E-state index contributed by atoms with van der Waals surface area (Å²) in [6.45, 7) is 4.75. The highest BCUT2D eigenvalue weighted by Crippen LogP contribution is 2.31. The van der Waals surface area contributed by atoms with Gasteiger partial charge < -0.3 is 15.0 Å². The van der Waals surface area contributed by atoms with Gasteiger partial charge in [0.25, 0.3) is 5.91 Å². The van der Waals surface area contributed by atoms with Crippen molar-refractivity contribution in [1.82, 2.24) is 19.6 Å². The number of nitrogens with one attached hydrogen (secondary N) is 1. The summed E-state index contributed by atoms with van der Waals surface area (Å²) in [6.07, 6.45) is -0.272. The van der Waals surface area contributed by atoms with Gasteiger partial charge in [0.1, 0.15) is 22.4 Å². The van der Waals surface area contributed by atoms with E-state index in [-0.39, 0.29) is 11.0 Å². The van der Waals surface area contributed by atoms with E-state index in [1.807, 2.05) is 39.6 Å². The number of para-hydroxylation sites is 1. The van der Waals surface area contributed by atoms with Crippen molar-refractivity contribution >= 4 is 49.1 Å². The number of morpholine rings is 1. The number of amides is 1. The van der Waals surface area contributed by atoms with Gasteiger partial charge in [-0.3, -0.25) is 18.9 Å². The molecule has 1 aromatic carbocycles. The average molecular weight is 496 g/mol. The molecular weight excluding hydrogens is 469 g/mol. The Morgan fingerprint density at radius 1 is 1.17 bits per heavy atom. The zero-order chi connectivity index (χ0) is 23.9. The number of benzene rings is 1. The number of nitrogens with zero attached hydrogens (tertiary/aromatic N) is 4. The van der Waals surface area contributed by atoms with Crippen LogP contribution in [-0.4, -0.2) is 78.8 Å². The number of carbonyl (C=O) groups excluding carboxylic acids is 1. The van der Waals surface area contributed by atoms with Crippen molar-refractivity contribution in [2.75, 3.05) is 57.4 Å². The highest BCUT2D eigenvalue weighted by molar-refractivity contribution is 7.24. The Labute approximate surface area is 204 Å². The fourth-order valence-corrected chi connectivity index (χ4v) is 6.13. The van der Waals surface area contributed by atoms with E-state index >= 15 is 0 Å². The number of carbonyl (C=O) groups is 1. The second-order valence-corrected chi connectivity index (χ2v) is 10.0. The first-order valence-electron chi connectivity index (χ1n) is 11.9. The summed E-state index contributed by atoms with van der Waals surface area (Å²) >= 11 is 1.41. The third kappa shape index (κ3) is 4.05. The van der Waals surface area contributed by atoms with Crippen LogP contribution in [0.4, 0.5) is 10.2 Å². The molecule has 3 aromatic heterocycles. The van der Waals surface area contributed by atoms with E-state index in [2.05, 4.69) is 10.2 Å². The molecule has 0 bridgehead atoms. The van der Waals surface area contributed by atoms with Crippen LogP contribution < -0.4 is 15.6 Å². The molecule has 8 nitrogen and oxygen atoms in total. The molecule has 0 saturated carbocycles. The lowest BCUT2D eigenvalue weighted by Gasteiger charge is -2.28. The van der Waals surface area contributed by atoms with Crippen molar-refractivity contribution in [2.45, 2.75) is 12.6 Å². The quantitative estimate of drug-likeness (QED) is 0.459. The van der Waals surface area contributed by atoms with Crippen LogP contribution in [0.1, 0.15) is 16.8 Å². The lowest BCUT2D eigenvalue weighted by molar-refractivity contribution is 0.0950. The number of hydrogen-bond acceptors (Lipinski definition) is 7. The van der Waals surface area contributed by atoms with Gasteiger partial charge >= 0.3 is 0 Å². The number of ether oxygens (including phenoxy) is 1. The molecule has 0 aliphatic carbocycles. The van der Waals surface area contributed by atoms with Crippen LogP contribution in [0.15, 0.2) is 41.2 Å². The summed E-state index contributed by atoms with van der Waals surface area (Å²) in [5.41, 5.74) is 1.26. The molecule has 5 heterocycles. The maximum Gasteiger partial charge on any atom is 0.258 e. The predicted molar refractivity (Wildman–Crippen MR) is 136 cm³/mol. The standard InChI is InChI=1S/C25H26FN5O3S/c26-16-7-9-29(15-16)10-8-27-24(33)21-22(32)17-5-6-20(30-11-13-34-14-12-30)28-23(17)31-18-3-1-2-4-19(18)35-25(21)31/h1-6,16H,7-15H2,(H,27,33)/t16-/m1/s1. The molecular formula is C25H26FN5O3S. The first-order chi connectivity index (χ1) is 17.1. The fraction of sp³-hybridized carbons (Fsp3) is 0.400. The Balaban J connectivity index is 1.44. The molecule has 2 aliphatic heterocycles. The maximum atomic E-state index is 13.6.